The van der Waals surface area contributed by atoms with Crippen LogP contribution in [0.25, 0.3) is 0 Å². The Balaban J connectivity index is 2.44. The molecule has 0 fully saturated rings. The fourth-order valence-electron chi connectivity index (χ4n) is 1.68. The molecule has 2 rings (SSSR count). The van der Waals surface area contributed by atoms with Crippen LogP contribution in [0.3, 0.4) is 0 Å². The third-order valence-electron chi connectivity index (χ3n) is 2.59. The predicted molar refractivity (Wildman–Crippen MR) is 90.0 cm³/mol. The van der Waals surface area contributed by atoms with Gasteiger partial charge in [0, 0.05) is 15.1 Å². The molecule has 98 valence electrons. The van der Waals surface area contributed by atoms with Gasteiger partial charge in [0.25, 0.3) is 0 Å². The predicted octanol–water partition coefficient (Wildman–Crippen LogP) is 4.29. The highest BCUT2D eigenvalue weighted by molar-refractivity contribution is 9.11. The summed E-state index contributed by atoms with van der Waals surface area (Å²) in [5.41, 5.74) is 8.43. The molecule has 19 heavy (non-hydrogen) atoms. The summed E-state index contributed by atoms with van der Waals surface area (Å²) in [6.45, 7) is 1.96. The van der Waals surface area contributed by atoms with E-state index in [2.05, 4.69) is 42.2 Å². The molecule has 0 unspecified atom stereocenters. The number of hydrogen-bond acceptors (Lipinski definition) is 3. The Morgan fingerprint density at radius 3 is 2.68 bits per heavy atom. The smallest absolute Gasteiger partial charge is 0.140 e. The Morgan fingerprint density at radius 2 is 2.05 bits per heavy atom. The minimum atomic E-state index is 0.335. The van der Waals surface area contributed by atoms with Crippen LogP contribution in [0.2, 0.25) is 0 Å². The first-order valence-corrected chi connectivity index (χ1v) is 7.46. The molecule has 0 saturated carbocycles. The molecule has 3 N–H and O–H groups in total. The topological polar surface area (TPSA) is 50.9 Å². The summed E-state index contributed by atoms with van der Waals surface area (Å²) in [5.74, 6) is 0.663. The van der Waals surface area contributed by atoms with E-state index in [1.165, 1.54) is 0 Å². The van der Waals surface area contributed by atoms with Gasteiger partial charge >= 0.3 is 0 Å². The van der Waals surface area contributed by atoms with E-state index in [-0.39, 0.29) is 0 Å². The van der Waals surface area contributed by atoms with Crippen LogP contribution in [0, 0.1) is 6.92 Å². The first-order chi connectivity index (χ1) is 8.99. The van der Waals surface area contributed by atoms with Gasteiger partial charge in [-0.3, -0.25) is 0 Å². The lowest BCUT2D eigenvalue weighted by atomic mass is 10.1. The van der Waals surface area contributed by atoms with Crippen molar-refractivity contribution in [1.82, 2.24) is 4.98 Å². The maximum atomic E-state index is 5.76. The molecule has 0 aliphatic carbocycles. The van der Waals surface area contributed by atoms with E-state index in [0.717, 1.165) is 25.8 Å². The number of rotatable bonds is 3. The van der Waals surface area contributed by atoms with Crippen LogP contribution >= 0.6 is 44.1 Å². The maximum Gasteiger partial charge on any atom is 0.140 e. The normalized spacial score (nSPS) is 10.3. The molecule has 0 amide bonds. The van der Waals surface area contributed by atoms with Gasteiger partial charge in [-0.15, -0.1) is 0 Å². The van der Waals surface area contributed by atoms with Crippen molar-refractivity contribution < 1.29 is 0 Å². The molecule has 0 aliphatic rings. The van der Waals surface area contributed by atoms with E-state index < -0.39 is 0 Å². The summed E-state index contributed by atoms with van der Waals surface area (Å²) < 4.78 is 1.93. The minimum Gasteiger partial charge on any atom is -0.389 e. The second-order valence-corrected chi connectivity index (χ2v) is 6.17. The Labute approximate surface area is 133 Å². The van der Waals surface area contributed by atoms with Crippen molar-refractivity contribution in [3.05, 3.63) is 50.5 Å². The zero-order valence-corrected chi connectivity index (χ0v) is 14.1. The average Bonchev–Trinajstić information content (AvgIpc) is 2.32. The van der Waals surface area contributed by atoms with E-state index in [4.69, 9.17) is 18.0 Å². The molecule has 2 aromatic rings. The van der Waals surface area contributed by atoms with Crippen molar-refractivity contribution >= 4 is 60.6 Å². The van der Waals surface area contributed by atoms with Gasteiger partial charge in [0.1, 0.15) is 10.8 Å². The molecular formula is C13H11Br2N3S. The SMILES string of the molecule is Cc1ccnc(Nc2ccc(Br)cc2Br)c1C(N)=S. The molecule has 1 aromatic heterocycles. The minimum absolute atomic E-state index is 0.335. The van der Waals surface area contributed by atoms with Crippen LogP contribution < -0.4 is 11.1 Å². The number of nitrogens with one attached hydrogen (secondary N) is 1. The zero-order valence-electron chi connectivity index (χ0n) is 10.1. The molecular weight excluding hydrogens is 390 g/mol. The lowest BCUT2D eigenvalue weighted by Crippen LogP contribution is -2.14. The molecule has 0 aliphatic heterocycles. The van der Waals surface area contributed by atoms with Crippen molar-refractivity contribution in [2.45, 2.75) is 6.92 Å². The maximum absolute atomic E-state index is 5.76. The third-order valence-corrected chi connectivity index (χ3v) is 3.94. The van der Waals surface area contributed by atoms with E-state index >= 15 is 0 Å². The molecule has 0 bridgehead atoms. The van der Waals surface area contributed by atoms with Crippen molar-refractivity contribution in [3.8, 4) is 0 Å². The van der Waals surface area contributed by atoms with Crippen LogP contribution in [-0.2, 0) is 0 Å². The highest BCUT2D eigenvalue weighted by Gasteiger charge is 2.11. The molecule has 6 heteroatoms. The van der Waals surface area contributed by atoms with Gasteiger partial charge in [-0.1, -0.05) is 28.1 Å². The van der Waals surface area contributed by atoms with Crippen LogP contribution in [0.15, 0.2) is 39.4 Å². The van der Waals surface area contributed by atoms with E-state index in [1.807, 2.05) is 31.2 Å². The molecule has 1 aromatic carbocycles. The number of halogens is 2. The Morgan fingerprint density at radius 1 is 1.32 bits per heavy atom. The van der Waals surface area contributed by atoms with Gasteiger partial charge in [0.2, 0.25) is 0 Å². The standard InChI is InChI=1S/C13H11Br2N3S/c1-7-4-5-17-13(11(7)12(16)19)18-10-3-2-8(14)6-9(10)15/h2-6H,1H3,(H2,16,19)(H,17,18). The quantitative estimate of drug-likeness (QED) is 0.754. The van der Waals surface area contributed by atoms with Crippen LogP contribution in [0.5, 0.6) is 0 Å². The molecule has 0 saturated heterocycles. The van der Waals surface area contributed by atoms with Gasteiger partial charge in [-0.05, 0) is 52.7 Å². The number of aryl methyl sites for hydroxylation is 1. The summed E-state index contributed by atoms with van der Waals surface area (Å²) in [4.78, 5) is 4.64. The summed E-state index contributed by atoms with van der Waals surface area (Å²) >= 11 is 12.0. The zero-order chi connectivity index (χ0) is 14.0. The molecule has 0 radical (unpaired) electrons. The third kappa shape index (κ3) is 3.32. The first-order valence-electron chi connectivity index (χ1n) is 5.46. The van der Waals surface area contributed by atoms with Gasteiger partial charge in [-0.25, -0.2) is 4.98 Å². The van der Waals surface area contributed by atoms with E-state index in [0.29, 0.717) is 10.8 Å². The highest BCUT2D eigenvalue weighted by Crippen LogP contribution is 2.29. The molecule has 1 heterocycles. The Kier molecular flexibility index (Phi) is 4.54. The van der Waals surface area contributed by atoms with Gasteiger partial charge in [0.05, 0.1) is 11.3 Å². The number of aromatic nitrogens is 1. The number of nitrogens with two attached hydrogens (primary N) is 1. The van der Waals surface area contributed by atoms with Gasteiger partial charge < -0.3 is 11.1 Å². The Hall–Kier alpha value is -0.980. The van der Waals surface area contributed by atoms with Crippen LogP contribution in [0.4, 0.5) is 11.5 Å². The average molecular weight is 401 g/mol. The van der Waals surface area contributed by atoms with E-state index in [9.17, 15) is 0 Å². The van der Waals surface area contributed by atoms with E-state index in [1.54, 1.807) is 6.20 Å². The van der Waals surface area contributed by atoms with Crippen LogP contribution in [-0.4, -0.2) is 9.97 Å². The monoisotopic (exact) mass is 399 g/mol. The summed E-state index contributed by atoms with van der Waals surface area (Å²) in [6.07, 6.45) is 1.73. The Bertz CT molecular complexity index is 644. The largest absolute Gasteiger partial charge is 0.389 e. The number of thiocarbonyl (C=S) groups is 1. The van der Waals surface area contributed by atoms with Crippen molar-refractivity contribution in [1.29, 1.82) is 0 Å². The summed E-state index contributed by atoms with van der Waals surface area (Å²) in [6, 6.07) is 7.74. The van der Waals surface area contributed by atoms with Crippen molar-refractivity contribution in [2.24, 2.45) is 5.73 Å². The second-order valence-electron chi connectivity index (χ2n) is 3.96. The lowest BCUT2D eigenvalue weighted by molar-refractivity contribution is 1.25. The number of nitrogens with zero attached hydrogens (tertiary/aromatic N) is 1. The number of benzene rings is 1. The fourth-order valence-corrected chi connectivity index (χ4v) is 3.09. The highest BCUT2D eigenvalue weighted by atomic mass is 79.9. The van der Waals surface area contributed by atoms with Crippen LogP contribution in [0.1, 0.15) is 11.1 Å². The van der Waals surface area contributed by atoms with Gasteiger partial charge in [-0.2, -0.15) is 0 Å². The number of anilines is 2. The second kappa shape index (κ2) is 5.98. The first kappa shape index (κ1) is 14.4. The molecule has 3 nitrogen and oxygen atoms in total. The number of pyridine rings is 1. The van der Waals surface area contributed by atoms with Crippen molar-refractivity contribution in [2.75, 3.05) is 5.32 Å². The summed E-state index contributed by atoms with van der Waals surface area (Å²) in [7, 11) is 0. The molecule has 0 spiro atoms. The fraction of sp³-hybridized carbons (Fsp3) is 0.0769. The molecule has 0 atom stereocenters. The number of hydrogen-bond donors (Lipinski definition) is 2. The van der Waals surface area contributed by atoms with Crippen molar-refractivity contribution in [3.63, 3.8) is 0 Å². The lowest BCUT2D eigenvalue weighted by Gasteiger charge is -2.13. The summed E-state index contributed by atoms with van der Waals surface area (Å²) in [5, 5.41) is 3.24. The van der Waals surface area contributed by atoms with Gasteiger partial charge in [0.15, 0.2) is 0 Å².